The zero-order valence-electron chi connectivity index (χ0n) is 11.1. The van der Waals surface area contributed by atoms with E-state index in [0.717, 1.165) is 10.6 Å². The summed E-state index contributed by atoms with van der Waals surface area (Å²) in [5, 5.41) is 1.02. The molecule has 98 valence electrons. The summed E-state index contributed by atoms with van der Waals surface area (Å²) in [6, 6.07) is 10.9. The molecule has 3 rings (SSSR count). The highest BCUT2D eigenvalue weighted by atomic mass is 32.2. The smallest absolute Gasteiger partial charge is 0.101 e. The molecule has 1 atom stereocenters. The van der Waals surface area contributed by atoms with Gasteiger partial charge in [-0.3, -0.25) is 0 Å². The van der Waals surface area contributed by atoms with Crippen molar-refractivity contribution in [2.75, 3.05) is 0 Å². The molecule has 1 aliphatic carbocycles. The minimum Gasteiger partial charge on any atom is -0.324 e. The van der Waals surface area contributed by atoms with Crippen molar-refractivity contribution in [3.63, 3.8) is 0 Å². The molecular formula is C16H18N2S. The van der Waals surface area contributed by atoms with Crippen LogP contribution < -0.4 is 5.73 Å². The molecule has 2 aromatic rings. The van der Waals surface area contributed by atoms with Crippen LogP contribution in [0.1, 0.15) is 36.1 Å². The highest BCUT2D eigenvalue weighted by Gasteiger charge is 2.11. The van der Waals surface area contributed by atoms with E-state index in [1.807, 2.05) is 19.2 Å². The van der Waals surface area contributed by atoms with Crippen molar-refractivity contribution < 1.29 is 0 Å². The second kappa shape index (κ2) is 5.35. The second-order valence-corrected chi connectivity index (χ2v) is 6.20. The van der Waals surface area contributed by atoms with E-state index in [1.54, 1.807) is 11.8 Å². The normalized spacial score (nSPS) is 15.3. The number of hydrogen-bond donors (Lipinski definition) is 1. The quantitative estimate of drug-likeness (QED) is 0.923. The highest BCUT2D eigenvalue weighted by Crippen LogP contribution is 2.31. The lowest BCUT2D eigenvalue weighted by atomic mass is 10.1. The number of aromatic nitrogens is 1. The van der Waals surface area contributed by atoms with Crippen molar-refractivity contribution in [2.24, 2.45) is 5.73 Å². The number of hydrogen-bond acceptors (Lipinski definition) is 3. The Hall–Kier alpha value is -1.32. The Bertz CT molecular complexity index is 593. The summed E-state index contributed by atoms with van der Waals surface area (Å²) in [6.45, 7) is 2.00. The summed E-state index contributed by atoms with van der Waals surface area (Å²) in [6.07, 6.45) is 5.59. The van der Waals surface area contributed by atoms with Crippen molar-refractivity contribution >= 4 is 11.8 Å². The first-order valence-electron chi connectivity index (χ1n) is 6.73. The molecule has 1 heterocycles. The number of nitrogens with zero attached hydrogens (tertiary/aromatic N) is 1. The van der Waals surface area contributed by atoms with Gasteiger partial charge in [0, 0.05) is 17.1 Å². The van der Waals surface area contributed by atoms with Gasteiger partial charge >= 0.3 is 0 Å². The van der Waals surface area contributed by atoms with Gasteiger partial charge < -0.3 is 5.73 Å². The summed E-state index contributed by atoms with van der Waals surface area (Å²) in [4.78, 5) is 5.69. The van der Waals surface area contributed by atoms with Crippen molar-refractivity contribution in [1.82, 2.24) is 4.98 Å². The van der Waals surface area contributed by atoms with E-state index < -0.39 is 0 Å². The molecule has 2 N–H and O–H groups in total. The van der Waals surface area contributed by atoms with Crippen LogP contribution in [-0.2, 0) is 12.8 Å². The average Bonchev–Trinajstić information content (AvgIpc) is 2.86. The molecule has 0 aliphatic heterocycles. The molecule has 0 amide bonds. The first-order valence-corrected chi connectivity index (χ1v) is 7.55. The SMILES string of the molecule is CC(N)c1ccnc(Sc2ccc3c(c2)CCC3)c1. The van der Waals surface area contributed by atoms with E-state index in [1.165, 1.54) is 35.3 Å². The number of aryl methyl sites for hydroxylation is 2. The highest BCUT2D eigenvalue weighted by molar-refractivity contribution is 7.99. The predicted octanol–water partition coefficient (Wildman–Crippen LogP) is 3.74. The van der Waals surface area contributed by atoms with Crippen LogP contribution in [0.3, 0.4) is 0 Å². The van der Waals surface area contributed by atoms with Gasteiger partial charge in [-0.2, -0.15) is 0 Å². The molecule has 1 aromatic carbocycles. The molecule has 1 aromatic heterocycles. The zero-order valence-corrected chi connectivity index (χ0v) is 11.9. The van der Waals surface area contributed by atoms with Crippen LogP contribution in [0.2, 0.25) is 0 Å². The van der Waals surface area contributed by atoms with Gasteiger partial charge in [-0.25, -0.2) is 4.98 Å². The Morgan fingerprint density at radius 1 is 1.16 bits per heavy atom. The van der Waals surface area contributed by atoms with Gasteiger partial charge in [-0.15, -0.1) is 0 Å². The van der Waals surface area contributed by atoms with Crippen LogP contribution in [0, 0.1) is 0 Å². The van der Waals surface area contributed by atoms with Crippen LogP contribution in [0.5, 0.6) is 0 Å². The molecule has 0 saturated carbocycles. The van der Waals surface area contributed by atoms with Gasteiger partial charge in [0.25, 0.3) is 0 Å². The molecule has 2 nitrogen and oxygen atoms in total. The summed E-state index contributed by atoms with van der Waals surface area (Å²) < 4.78 is 0. The molecular weight excluding hydrogens is 252 g/mol. The topological polar surface area (TPSA) is 38.9 Å². The Morgan fingerprint density at radius 3 is 2.84 bits per heavy atom. The van der Waals surface area contributed by atoms with Gasteiger partial charge in [0.15, 0.2) is 0 Å². The van der Waals surface area contributed by atoms with Crippen LogP contribution in [0.25, 0.3) is 0 Å². The van der Waals surface area contributed by atoms with Crippen LogP contribution in [0.4, 0.5) is 0 Å². The summed E-state index contributed by atoms with van der Waals surface area (Å²) in [5.41, 5.74) is 10.1. The van der Waals surface area contributed by atoms with Crippen molar-refractivity contribution in [2.45, 2.75) is 42.1 Å². The largest absolute Gasteiger partial charge is 0.324 e. The van der Waals surface area contributed by atoms with E-state index in [-0.39, 0.29) is 6.04 Å². The average molecular weight is 270 g/mol. The Labute approximate surface area is 118 Å². The Morgan fingerprint density at radius 2 is 2.00 bits per heavy atom. The van der Waals surface area contributed by atoms with Gasteiger partial charge in [-0.1, -0.05) is 17.8 Å². The Balaban J connectivity index is 1.83. The minimum absolute atomic E-state index is 0.0578. The lowest BCUT2D eigenvalue weighted by Crippen LogP contribution is -2.04. The second-order valence-electron chi connectivity index (χ2n) is 5.10. The van der Waals surface area contributed by atoms with Gasteiger partial charge in [0.1, 0.15) is 5.03 Å². The molecule has 1 aliphatic rings. The summed E-state index contributed by atoms with van der Waals surface area (Å²) >= 11 is 1.72. The van der Waals surface area contributed by atoms with Crippen LogP contribution in [-0.4, -0.2) is 4.98 Å². The summed E-state index contributed by atoms with van der Waals surface area (Å²) in [7, 11) is 0. The van der Waals surface area contributed by atoms with E-state index in [2.05, 4.69) is 29.2 Å². The van der Waals surface area contributed by atoms with Crippen molar-refractivity contribution in [3.05, 3.63) is 53.2 Å². The molecule has 1 unspecified atom stereocenters. The van der Waals surface area contributed by atoms with Crippen molar-refractivity contribution in [1.29, 1.82) is 0 Å². The van der Waals surface area contributed by atoms with Crippen molar-refractivity contribution in [3.8, 4) is 0 Å². The van der Waals surface area contributed by atoms with E-state index >= 15 is 0 Å². The maximum atomic E-state index is 5.91. The first-order chi connectivity index (χ1) is 9.22. The van der Waals surface area contributed by atoms with E-state index in [0.29, 0.717) is 0 Å². The molecule has 3 heteroatoms. The maximum absolute atomic E-state index is 5.91. The van der Waals surface area contributed by atoms with Gasteiger partial charge in [0.2, 0.25) is 0 Å². The van der Waals surface area contributed by atoms with E-state index in [4.69, 9.17) is 5.73 Å². The maximum Gasteiger partial charge on any atom is 0.101 e. The Kier molecular flexibility index (Phi) is 3.58. The third-order valence-electron chi connectivity index (χ3n) is 3.58. The third-order valence-corrected chi connectivity index (χ3v) is 4.50. The molecule has 0 saturated heterocycles. The number of fused-ring (bicyclic) bond motifs is 1. The first kappa shape index (κ1) is 12.7. The lowest BCUT2D eigenvalue weighted by Gasteiger charge is -2.08. The minimum atomic E-state index is 0.0578. The molecule has 0 bridgehead atoms. The zero-order chi connectivity index (χ0) is 13.2. The van der Waals surface area contributed by atoms with Gasteiger partial charge in [0.05, 0.1) is 0 Å². The van der Waals surface area contributed by atoms with Crippen LogP contribution in [0.15, 0.2) is 46.5 Å². The number of nitrogens with two attached hydrogens (primary N) is 1. The standard InChI is InChI=1S/C16H18N2S/c1-11(17)13-7-8-18-16(10-13)19-15-6-5-12-3-2-4-14(12)9-15/h5-11H,2-4,17H2,1H3. The molecule has 0 radical (unpaired) electrons. The lowest BCUT2D eigenvalue weighted by molar-refractivity contribution is 0.808. The van der Waals surface area contributed by atoms with E-state index in [9.17, 15) is 0 Å². The fourth-order valence-electron chi connectivity index (χ4n) is 2.50. The molecule has 0 fully saturated rings. The third kappa shape index (κ3) is 2.82. The number of pyridine rings is 1. The number of benzene rings is 1. The fourth-order valence-corrected chi connectivity index (χ4v) is 3.38. The molecule has 0 spiro atoms. The molecule has 19 heavy (non-hydrogen) atoms. The van der Waals surface area contributed by atoms with Gasteiger partial charge in [-0.05, 0) is 67.1 Å². The number of rotatable bonds is 3. The van der Waals surface area contributed by atoms with Crippen LogP contribution >= 0.6 is 11.8 Å². The predicted molar refractivity (Wildman–Crippen MR) is 79.4 cm³/mol. The summed E-state index contributed by atoms with van der Waals surface area (Å²) in [5.74, 6) is 0. The fraction of sp³-hybridized carbons (Fsp3) is 0.312. The monoisotopic (exact) mass is 270 g/mol.